The van der Waals surface area contributed by atoms with Gasteiger partial charge in [0.25, 0.3) is 0 Å². The summed E-state index contributed by atoms with van der Waals surface area (Å²) >= 11 is 0. The van der Waals surface area contributed by atoms with Gasteiger partial charge in [-0.1, -0.05) is 31.5 Å². The highest BCUT2D eigenvalue weighted by molar-refractivity contribution is 5.37. The van der Waals surface area contributed by atoms with E-state index in [0.717, 1.165) is 38.0 Å². The standard InChI is InChI=1S/C14H20O2/c1-2-10-16-14-9-4-3-6-12(14)11-7-5-8-13(11)15/h3-4,6,9,11,13,15H,2,5,7-8,10H2,1H3. The molecular weight excluding hydrogens is 200 g/mol. The van der Waals surface area contributed by atoms with Crippen LogP contribution in [0.1, 0.15) is 44.1 Å². The van der Waals surface area contributed by atoms with Crippen molar-refractivity contribution in [2.45, 2.75) is 44.6 Å². The maximum absolute atomic E-state index is 9.94. The van der Waals surface area contributed by atoms with Crippen molar-refractivity contribution >= 4 is 0 Å². The lowest BCUT2D eigenvalue weighted by molar-refractivity contribution is 0.161. The van der Waals surface area contributed by atoms with Gasteiger partial charge in [-0.05, 0) is 30.9 Å². The van der Waals surface area contributed by atoms with E-state index in [4.69, 9.17) is 4.74 Å². The van der Waals surface area contributed by atoms with Gasteiger partial charge in [0.15, 0.2) is 0 Å². The summed E-state index contributed by atoms with van der Waals surface area (Å²) < 4.78 is 5.74. The lowest BCUT2D eigenvalue weighted by atomic mass is 9.95. The van der Waals surface area contributed by atoms with Crippen molar-refractivity contribution < 1.29 is 9.84 Å². The average molecular weight is 220 g/mol. The van der Waals surface area contributed by atoms with Gasteiger partial charge in [-0.2, -0.15) is 0 Å². The van der Waals surface area contributed by atoms with Gasteiger partial charge in [0, 0.05) is 5.92 Å². The van der Waals surface area contributed by atoms with E-state index in [9.17, 15) is 5.11 Å². The van der Waals surface area contributed by atoms with E-state index < -0.39 is 0 Å². The Bertz CT molecular complexity index is 335. The third-order valence-electron chi connectivity index (χ3n) is 3.26. The minimum Gasteiger partial charge on any atom is -0.493 e. The number of para-hydroxylation sites is 1. The van der Waals surface area contributed by atoms with Crippen LogP contribution >= 0.6 is 0 Å². The maximum Gasteiger partial charge on any atom is 0.122 e. The van der Waals surface area contributed by atoms with Crippen LogP contribution in [-0.2, 0) is 0 Å². The summed E-state index contributed by atoms with van der Waals surface area (Å²) in [6.07, 6.45) is 3.95. The second kappa shape index (κ2) is 5.35. The van der Waals surface area contributed by atoms with E-state index in [2.05, 4.69) is 13.0 Å². The normalized spacial score (nSPS) is 24.6. The number of benzene rings is 1. The second-order valence-electron chi connectivity index (χ2n) is 4.49. The van der Waals surface area contributed by atoms with Crippen molar-refractivity contribution in [1.29, 1.82) is 0 Å². The lowest BCUT2D eigenvalue weighted by Crippen LogP contribution is -2.12. The average Bonchev–Trinajstić information content (AvgIpc) is 2.73. The summed E-state index contributed by atoms with van der Waals surface area (Å²) in [5.74, 6) is 1.23. The van der Waals surface area contributed by atoms with E-state index in [-0.39, 0.29) is 12.0 Å². The molecule has 0 heterocycles. The summed E-state index contributed by atoms with van der Waals surface area (Å²) in [5.41, 5.74) is 1.18. The first-order valence-corrected chi connectivity index (χ1v) is 6.22. The molecule has 1 N–H and O–H groups in total. The minimum atomic E-state index is -0.189. The molecule has 16 heavy (non-hydrogen) atoms. The van der Waals surface area contributed by atoms with Crippen LogP contribution < -0.4 is 4.74 Å². The van der Waals surface area contributed by atoms with Crippen LogP contribution in [0.4, 0.5) is 0 Å². The molecule has 0 aliphatic heterocycles. The minimum absolute atomic E-state index is 0.189. The SMILES string of the molecule is CCCOc1ccccc1C1CCCC1O. The van der Waals surface area contributed by atoms with Gasteiger partial charge in [0.2, 0.25) is 0 Å². The molecule has 2 heteroatoms. The first kappa shape index (κ1) is 11.5. The fraction of sp³-hybridized carbons (Fsp3) is 0.571. The quantitative estimate of drug-likeness (QED) is 0.844. The number of aliphatic hydroxyl groups is 1. The molecule has 1 aliphatic rings. The van der Waals surface area contributed by atoms with Gasteiger partial charge in [-0.3, -0.25) is 0 Å². The fourth-order valence-electron chi connectivity index (χ4n) is 2.43. The van der Waals surface area contributed by atoms with Crippen LogP contribution in [0.2, 0.25) is 0 Å². The topological polar surface area (TPSA) is 29.5 Å². The molecule has 0 amide bonds. The lowest BCUT2D eigenvalue weighted by Gasteiger charge is -2.18. The first-order valence-electron chi connectivity index (χ1n) is 6.22. The van der Waals surface area contributed by atoms with Crippen LogP contribution in [0.3, 0.4) is 0 Å². The number of hydrogen-bond acceptors (Lipinski definition) is 2. The number of rotatable bonds is 4. The third-order valence-corrected chi connectivity index (χ3v) is 3.26. The van der Waals surface area contributed by atoms with Crippen molar-refractivity contribution in [2.24, 2.45) is 0 Å². The van der Waals surface area contributed by atoms with E-state index in [1.165, 1.54) is 5.56 Å². The Morgan fingerprint density at radius 3 is 2.81 bits per heavy atom. The Hall–Kier alpha value is -1.02. The number of ether oxygens (including phenoxy) is 1. The van der Waals surface area contributed by atoms with E-state index in [0.29, 0.717) is 0 Å². The molecule has 0 radical (unpaired) electrons. The summed E-state index contributed by atoms with van der Waals surface area (Å²) in [5, 5.41) is 9.94. The van der Waals surface area contributed by atoms with Gasteiger partial charge in [0.05, 0.1) is 12.7 Å². The molecule has 0 aromatic heterocycles. The Kier molecular flexibility index (Phi) is 3.83. The molecule has 2 rings (SSSR count). The zero-order valence-electron chi connectivity index (χ0n) is 9.86. The van der Waals surface area contributed by atoms with Crippen molar-refractivity contribution in [3.8, 4) is 5.75 Å². The first-order chi connectivity index (χ1) is 7.83. The summed E-state index contributed by atoms with van der Waals surface area (Å²) in [7, 11) is 0. The van der Waals surface area contributed by atoms with Gasteiger partial charge < -0.3 is 9.84 Å². The van der Waals surface area contributed by atoms with Crippen molar-refractivity contribution in [3.05, 3.63) is 29.8 Å². The molecule has 0 saturated heterocycles. The molecule has 1 saturated carbocycles. The Morgan fingerprint density at radius 2 is 2.12 bits per heavy atom. The largest absolute Gasteiger partial charge is 0.493 e. The highest BCUT2D eigenvalue weighted by Crippen LogP contribution is 2.38. The molecule has 1 fully saturated rings. The molecule has 0 bridgehead atoms. The Labute approximate surface area is 97.3 Å². The summed E-state index contributed by atoms with van der Waals surface area (Å²) in [6.45, 7) is 2.85. The monoisotopic (exact) mass is 220 g/mol. The molecule has 2 nitrogen and oxygen atoms in total. The van der Waals surface area contributed by atoms with Crippen LogP contribution in [0, 0.1) is 0 Å². The Balaban J connectivity index is 2.18. The number of hydrogen-bond donors (Lipinski definition) is 1. The van der Waals surface area contributed by atoms with Crippen LogP contribution in [0.5, 0.6) is 5.75 Å². The predicted molar refractivity (Wildman–Crippen MR) is 64.8 cm³/mol. The smallest absolute Gasteiger partial charge is 0.122 e. The molecule has 2 atom stereocenters. The highest BCUT2D eigenvalue weighted by atomic mass is 16.5. The molecule has 1 aromatic carbocycles. The predicted octanol–water partition coefficient (Wildman–Crippen LogP) is 3.10. The summed E-state index contributed by atoms with van der Waals surface area (Å²) in [4.78, 5) is 0. The molecule has 1 aliphatic carbocycles. The fourth-order valence-corrected chi connectivity index (χ4v) is 2.43. The van der Waals surface area contributed by atoms with Crippen molar-refractivity contribution in [3.63, 3.8) is 0 Å². The zero-order valence-corrected chi connectivity index (χ0v) is 9.86. The van der Waals surface area contributed by atoms with Gasteiger partial charge in [-0.15, -0.1) is 0 Å². The van der Waals surface area contributed by atoms with Crippen LogP contribution in [0.15, 0.2) is 24.3 Å². The van der Waals surface area contributed by atoms with Crippen molar-refractivity contribution in [1.82, 2.24) is 0 Å². The molecule has 1 aromatic rings. The van der Waals surface area contributed by atoms with Gasteiger partial charge in [0.1, 0.15) is 5.75 Å². The zero-order chi connectivity index (χ0) is 11.4. The molecule has 2 unspecified atom stereocenters. The molecular formula is C14H20O2. The molecule has 0 spiro atoms. The maximum atomic E-state index is 9.94. The van der Waals surface area contributed by atoms with E-state index >= 15 is 0 Å². The van der Waals surface area contributed by atoms with Gasteiger partial charge >= 0.3 is 0 Å². The third kappa shape index (κ3) is 2.38. The highest BCUT2D eigenvalue weighted by Gasteiger charge is 2.28. The van der Waals surface area contributed by atoms with E-state index in [1.807, 2.05) is 18.2 Å². The second-order valence-corrected chi connectivity index (χ2v) is 4.49. The molecule has 88 valence electrons. The van der Waals surface area contributed by atoms with Crippen LogP contribution in [-0.4, -0.2) is 17.8 Å². The Morgan fingerprint density at radius 1 is 1.31 bits per heavy atom. The van der Waals surface area contributed by atoms with Gasteiger partial charge in [-0.25, -0.2) is 0 Å². The van der Waals surface area contributed by atoms with Crippen LogP contribution in [0.25, 0.3) is 0 Å². The summed E-state index contributed by atoms with van der Waals surface area (Å²) in [6, 6.07) is 8.12. The van der Waals surface area contributed by atoms with E-state index in [1.54, 1.807) is 0 Å². The van der Waals surface area contributed by atoms with Crippen molar-refractivity contribution in [2.75, 3.05) is 6.61 Å². The number of aliphatic hydroxyl groups excluding tert-OH is 1.